The number of carbonyl (C=O) groups excluding carboxylic acids is 2. The van der Waals surface area contributed by atoms with Gasteiger partial charge in [-0.15, -0.1) is 11.3 Å². The van der Waals surface area contributed by atoms with E-state index in [4.69, 9.17) is 4.42 Å². The minimum atomic E-state index is -0.577. The van der Waals surface area contributed by atoms with Crippen LogP contribution in [0.4, 0.5) is 0 Å². The molecule has 0 bridgehead atoms. The van der Waals surface area contributed by atoms with Gasteiger partial charge in [-0.25, -0.2) is 0 Å². The van der Waals surface area contributed by atoms with Crippen molar-refractivity contribution in [2.75, 3.05) is 6.61 Å². The second-order valence-corrected chi connectivity index (χ2v) is 5.94. The quantitative estimate of drug-likeness (QED) is 0.770. The van der Waals surface area contributed by atoms with Crippen molar-refractivity contribution in [1.29, 1.82) is 0 Å². The summed E-state index contributed by atoms with van der Waals surface area (Å²) in [5, 5.41) is 11.9. The number of rotatable bonds is 7. The van der Waals surface area contributed by atoms with Crippen LogP contribution >= 0.6 is 11.3 Å². The van der Waals surface area contributed by atoms with E-state index in [-0.39, 0.29) is 31.1 Å². The summed E-state index contributed by atoms with van der Waals surface area (Å²) in [4.78, 5) is 25.5. The van der Waals surface area contributed by atoms with Crippen molar-refractivity contribution in [3.63, 3.8) is 0 Å². The molecule has 0 aliphatic rings. The van der Waals surface area contributed by atoms with Crippen molar-refractivity contribution >= 4 is 23.0 Å². The van der Waals surface area contributed by atoms with Gasteiger partial charge >= 0.3 is 0 Å². The van der Waals surface area contributed by atoms with Gasteiger partial charge in [-0.2, -0.15) is 0 Å². The fourth-order valence-electron chi connectivity index (χ4n) is 1.90. The highest BCUT2D eigenvalue weighted by Crippen LogP contribution is 2.18. The summed E-state index contributed by atoms with van der Waals surface area (Å²) >= 11 is 1.43. The number of hydrogen-bond donors (Lipinski definition) is 2. The molecule has 112 valence electrons. The Balaban J connectivity index is 1.83. The maximum absolute atomic E-state index is 11.9. The molecule has 0 radical (unpaired) electrons. The number of furan rings is 1. The highest BCUT2D eigenvalue weighted by molar-refractivity contribution is 7.14. The minimum absolute atomic E-state index is 0.0400. The number of aryl methyl sites for hydroxylation is 1. The lowest BCUT2D eigenvalue weighted by Gasteiger charge is -2.13. The number of Topliss-reactive ketones (excluding diaryl/α,β-unsaturated/α-hetero) is 1. The largest absolute Gasteiger partial charge is 0.467 e. The van der Waals surface area contributed by atoms with Crippen LogP contribution in [0.2, 0.25) is 0 Å². The molecule has 0 aliphatic heterocycles. The Kier molecular flexibility index (Phi) is 5.30. The standard InChI is InChI=1S/C15H17NO4S/c1-10-4-6-14(21-10)12(18)5-7-15(19)16-11(9-17)13-3-2-8-20-13/h2-4,6,8,11,17H,5,7,9H2,1H3,(H,16,19). The number of nitrogens with one attached hydrogen (secondary N) is 1. The normalized spacial score (nSPS) is 12.1. The number of thiophene rings is 1. The zero-order chi connectivity index (χ0) is 15.2. The van der Waals surface area contributed by atoms with E-state index in [1.165, 1.54) is 17.6 Å². The minimum Gasteiger partial charge on any atom is -0.467 e. The smallest absolute Gasteiger partial charge is 0.221 e. The summed E-state index contributed by atoms with van der Waals surface area (Å²) in [7, 11) is 0. The van der Waals surface area contributed by atoms with Crippen LogP contribution in [0.25, 0.3) is 0 Å². The molecular formula is C15H17NO4S. The summed E-state index contributed by atoms with van der Waals surface area (Å²) < 4.78 is 5.15. The molecule has 0 aromatic carbocycles. The van der Waals surface area contributed by atoms with Crippen LogP contribution in [0.5, 0.6) is 0 Å². The maximum Gasteiger partial charge on any atom is 0.221 e. The van der Waals surface area contributed by atoms with Crippen molar-refractivity contribution < 1.29 is 19.1 Å². The van der Waals surface area contributed by atoms with Crippen LogP contribution in [0.15, 0.2) is 34.9 Å². The van der Waals surface area contributed by atoms with E-state index in [2.05, 4.69) is 5.32 Å². The van der Waals surface area contributed by atoms with Gasteiger partial charge < -0.3 is 14.8 Å². The van der Waals surface area contributed by atoms with Gasteiger partial charge in [0, 0.05) is 17.7 Å². The Morgan fingerprint density at radius 2 is 2.14 bits per heavy atom. The molecule has 0 fully saturated rings. The Morgan fingerprint density at radius 1 is 1.33 bits per heavy atom. The lowest BCUT2D eigenvalue weighted by molar-refractivity contribution is -0.122. The van der Waals surface area contributed by atoms with Gasteiger partial charge in [0.1, 0.15) is 11.8 Å². The van der Waals surface area contributed by atoms with Crippen molar-refractivity contribution in [3.8, 4) is 0 Å². The van der Waals surface area contributed by atoms with Crippen molar-refractivity contribution in [3.05, 3.63) is 46.0 Å². The zero-order valence-electron chi connectivity index (χ0n) is 11.7. The van der Waals surface area contributed by atoms with Crippen molar-refractivity contribution in [2.45, 2.75) is 25.8 Å². The summed E-state index contributed by atoms with van der Waals surface area (Å²) in [6.07, 6.45) is 1.72. The summed E-state index contributed by atoms with van der Waals surface area (Å²) in [6.45, 7) is 1.68. The second-order valence-electron chi connectivity index (χ2n) is 4.65. The van der Waals surface area contributed by atoms with Crippen molar-refractivity contribution in [2.24, 2.45) is 0 Å². The summed E-state index contributed by atoms with van der Waals surface area (Å²) in [6, 6.07) is 6.45. The lowest BCUT2D eigenvalue weighted by Crippen LogP contribution is -2.30. The number of aliphatic hydroxyl groups excluding tert-OH is 1. The van der Waals surface area contributed by atoms with E-state index in [0.29, 0.717) is 10.6 Å². The van der Waals surface area contributed by atoms with E-state index in [9.17, 15) is 14.7 Å². The SMILES string of the molecule is Cc1ccc(C(=O)CCC(=O)NC(CO)c2ccco2)s1. The molecule has 1 atom stereocenters. The summed E-state index contributed by atoms with van der Waals surface area (Å²) in [5.41, 5.74) is 0. The molecule has 1 unspecified atom stereocenters. The molecule has 1 amide bonds. The number of hydrogen-bond acceptors (Lipinski definition) is 5. The molecule has 2 N–H and O–H groups in total. The molecule has 2 aromatic rings. The molecule has 0 spiro atoms. The van der Waals surface area contributed by atoms with Crippen molar-refractivity contribution in [1.82, 2.24) is 5.32 Å². The topological polar surface area (TPSA) is 79.5 Å². The van der Waals surface area contributed by atoms with Gasteiger partial charge in [-0.05, 0) is 31.2 Å². The number of aliphatic hydroxyl groups is 1. The van der Waals surface area contributed by atoms with Crippen LogP contribution in [-0.4, -0.2) is 23.4 Å². The average molecular weight is 307 g/mol. The first-order valence-electron chi connectivity index (χ1n) is 6.63. The fourth-order valence-corrected chi connectivity index (χ4v) is 2.73. The van der Waals surface area contributed by atoms with E-state index in [0.717, 1.165) is 4.88 Å². The van der Waals surface area contributed by atoms with Gasteiger partial charge in [0.2, 0.25) is 5.91 Å². The third kappa shape index (κ3) is 4.27. The molecule has 21 heavy (non-hydrogen) atoms. The molecule has 0 saturated heterocycles. The predicted octanol–water partition coefficient (Wildman–Crippen LogP) is 2.46. The fraction of sp³-hybridized carbons (Fsp3) is 0.333. The number of ketones is 1. The first-order chi connectivity index (χ1) is 10.1. The molecule has 2 heterocycles. The Labute approximate surface area is 126 Å². The second kappa shape index (κ2) is 7.19. The maximum atomic E-state index is 11.9. The van der Waals surface area contributed by atoms with E-state index < -0.39 is 6.04 Å². The predicted molar refractivity (Wildman–Crippen MR) is 79.3 cm³/mol. The van der Waals surface area contributed by atoms with Crippen LogP contribution in [0, 0.1) is 6.92 Å². The molecule has 2 aromatic heterocycles. The van der Waals surface area contributed by atoms with E-state index in [1.54, 1.807) is 18.2 Å². The number of carbonyl (C=O) groups is 2. The van der Waals surface area contributed by atoms with Crippen LogP contribution in [-0.2, 0) is 4.79 Å². The first-order valence-corrected chi connectivity index (χ1v) is 7.45. The zero-order valence-corrected chi connectivity index (χ0v) is 12.5. The molecule has 0 saturated carbocycles. The highest BCUT2D eigenvalue weighted by Gasteiger charge is 2.17. The monoisotopic (exact) mass is 307 g/mol. The molecule has 6 heteroatoms. The molecule has 0 aliphatic carbocycles. The van der Waals surface area contributed by atoms with Crippen LogP contribution in [0.3, 0.4) is 0 Å². The van der Waals surface area contributed by atoms with E-state index >= 15 is 0 Å². The lowest BCUT2D eigenvalue weighted by atomic mass is 10.1. The Bertz CT molecular complexity index is 603. The number of amides is 1. The third-order valence-corrected chi connectivity index (χ3v) is 4.04. The first kappa shape index (κ1) is 15.5. The molecular weight excluding hydrogens is 290 g/mol. The molecule has 5 nitrogen and oxygen atoms in total. The Morgan fingerprint density at radius 3 is 2.71 bits per heavy atom. The molecule has 2 rings (SSSR count). The average Bonchev–Trinajstić information content (AvgIpc) is 3.13. The van der Waals surface area contributed by atoms with Gasteiger partial charge in [-0.3, -0.25) is 9.59 Å². The summed E-state index contributed by atoms with van der Waals surface area (Å²) in [5.74, 6) is 0.167. The van der Waals surface area contributed by atoms with Gasteiger partial charge in [0.25, 0.3) is 0 Å². The van der Waals surface area contributed by atoms with Gasteiger partial charge in [-0.1, -0.05) is 0 Å². The van der Waals surface area contributed by atoms with Crippen LogP contribution < -0.4 is 5.32 Å². The van der Waals surface area contributed by atoms with Gasteiger partial charge in [0.15, 0.2) is 5.78 Å². The third-order valence-electron chi connectivity index (χ3n) is 3.00. The van der Waals surface area contributed by atoms with Gasteiger partial charge in [0.05, 0.1) is 17.7 Å². The van der Waals surface area contributed by atoms with E-state index in [1.807, 2.05) is 13.0 Å². The Hall–Kier alpha value is -1.92. The highest BCUT2D eigenvalue weighted by atomic mass is 32.1. The van der Waals surface area contributed by atoms with Crippen LogP contribution in [0.1, 0.15) is 39.2 Å².